The Kier molecular flexibility index (Phi) is 7.22. The number of rotatable bonds is 2. The Hall–Kier alpha value is -4.84. The van der Waals surface area contributed by atoms with Gasteiger partial charge in [0.25, 0.3) is 0 Å². The first-order valence-electron chi connectivity index (χ1n) is 11.9. The Morgan fingerprint density at radius 1 is 0.553 bits per heavy atom. The molecule has 2 aliphatic heterocycles. The van der Waals surface area contributed by atoms with Crippen LogP contribution in [0, 0.1) is 11.6 Å². The van der Waals surface area contributed by atoms with E-state index in [0.717, 1.165) is 11.1 Å². The minimum absolute atomic E-state index is 0.176. The SMILES string of the molecule is O=C1C(=Cc2ccccc2)COc2ccc(F)cc21.O=C1C(=Cc2ccccc2)COc2ccc(F)cc21. The van der Waals surface area contributed by atoms with Gasteiger partial charge in [0.05, 0.1) is 11.1 Å². The monoisotopic (exact) mass is 508 g/mol. The van der Waals surface area contributed by atoms with Crippen LogP contribution in [0.4, 0.5) is 8.78 Å². The van der Waals surface area contributed by atoms with E-state index in [-0.39, 0.29) is 35.9 Å². The molecule has 0 fully saturated rings. The second-order valence-corrected chi connectivity index (χ2v) is 8.68. The molecule has 0 aromatic heterocycles. The number of carbonyl (C=O) groups is 2. The number of ketones is 2. The smallest absolute Gasteiger partial charge is 0.196 e. The van der Waals surface area contributed by atoms with Gasteiger partial charge in [-0.05, 0) is 59.7 Å². The lowest BCUT2D eigenvalue weighted by Gasteiger charge is -2.18. The predicted molar refractivity (Wildman–Crippen MR) is 141 cm³/mol. The zero-order valence-electron chi connectivity index (χ0n) is 20.2. The van der Waals surface area contributed by atoms with E-state index in [1.807, 2.05) is 60.7 Å². The quantitative estimate of drug-likeness (QED) is 0.275. The molecule has 0 aliphatic carbocycles. The van der Waals surface area contributed by atoms with Gasteiger partial charge in [-0.25, -0.2) is 8.78 Å². The molecule has 0 spiro atoms. The molecule has 188 valence electrons. The average molecular weight is 509 g/mol. The first-order valence-corrected chi connectivity index (χ1v) is 11.9. The summed E-state index contributed by atoms with van der Waals surface area (Å²) in [5.74, 6) is -0.337. The molecule has 38 heavy (non-hydrogen) atoms. The van der Waals surface area contributed by atoms with E-state index >= 15 is 0 Å². The van der Waals surface area contributed by atoms with Gasteiger partial charge in [0.15, 0.2) is 11.6 Å². The molecule has 6 rings (SSSR count). The maximum Gasteiger partial charge on any atom is 0.196 e. The van der Waals surface area contributed by atoms with Crippen molar-refractivity contribution in [2.45, 2.75) is 0 Å². The number of halogens is 2. The number of ether oxygens (including phenoxy) is 2. The molecule has 0 atom stereocenters. The lowest BCUT2D eigenvalue weighted by atomic mass is 9.98. The number of hydrogen-bond acceptors (Lipinski definition) is 4. The highest BCUT2D eigenvalue weighted by Crippen LogP contribution is 2.29. The molecule has 0 saturated heterocycles. The van der Waals surface area contributed by atoms with E-state index in [4.69, 9.17) is 9.47 Å². The molecular formula is C32H22F2O4. The molecule has 4 nitrogen and oxygen atoms in total. The molecule has 0 amide bonds. The largest absolute Gasteiger partial charge is 0.488 e. The standard InChI is InChI=1S/2C16H11FO2/c2*17-13-6-7-15-14(9-13)16(18)12(10-19-15)8-11-4-2-1-3-5-11/h2*1-9H,10H2. The fourth-order valence-corrected chi connectivity index (χ4v) is 4.11. The number of benzene rings is 4. The maximum absolute atomic E-state index is 13.2. The van der Waals surface area contributed by atoms with Gasteiger partial charge in [0, 0.05) is 11.1 Å². The predicted octanol–water partition coefficient (Wildman–Crippen LogP) is 6.97. The van der Waals surface area contributed by atoms with Crippen molar-refractivity contribution in [3.8, 4) is 11.5 Å². The summed E-state index contributed by atoms with van der Waals surface area (Å²) in [6.45, 7) is 0.429. The van der Waals surface area contributed by atoms with Crippen LogP contribution in [0.2, 0.25) is 0 Å². The molecule has 0 unspecified atom stereocenters. The third-order valence-electron chi connectivity index (χ3n) is 6.00. The molecule has 0 saturated carbocycles. The van der Waals surface area contributed by atoms with Crippen LogP contribution in [0.25, 0.3) is 12.2 Å². The van der Waals surface area contributed by atoms with E-state index in [9.17, 15) is 18.4 Å². The van der Waals surface area contributed by atoms with Crippen LogP contribution in [0.5, 0.6) is 11.5 Å². The van der Waals surface area contributed by atoms with E-state index in [1.165, 1.54) is 36.4 Å². The van der Waals surface area contributed by atoms with Gasteiger partial charge in [-0.3, -0.25) is 9.59 Å². The summed E-state index contributed by atoms with van der Waals surface area (Å²) in [5.41, 5.74) is 3.49. The Labute approximate surface area is 218 Å². The third kappa shape index (κ3) is 5.60. The van der Waals surface area contributed by atoms with Crippen molar-refractivity contribution < 1.29 is 27.8 Å². The first-order chi connectivity index (χ1) is 18.5. The maximum atomic E-state index is 13.2. The zero-order chi connectivity index (χ0) is 26.5. The second kappa shape index (κ2) is 11.0. The van der Waals surface area contributed by atoms with Gasteiger partial charge >= 0.3 is 0 Å². The third-order valence-corrected chi connectivity index (χ3v) is 6.00. The topological polar surface area (TPSA) is 52.6 Å². The molecular weight excluding hydrogens is 486 g/mol. The number of carbonyl (C=O) groups excluding carboxylic acids is 2. The lowest BCUT2D eigenvalue weighted by Crippen LogP contribution is -2.19. The van der Waals surface area contributed by atoms with Crippen molar-refractivity contribution in [3.05, 3.63) is 142 Å². The number of Topliss-reactive ketones (excluding diaryl/α,β-unsaturated/α-hetero) is 2. The van der Waals surface area contributed by atoms with Gasteiger partial charge in [-0.1, -0.05) is 60.7 Å². The molecule has 6 heteroatoms. The van der Waals surface area contributed by atoms with Crippen molar-refractivity contribution in [1.29, 1.82) is 0 Å². The van der Waals surface area contributed by atoms with Crippen molar-refractivity contribution in [2.24, 2.45) is 0 Å². The van der Waals surface area contributed by atoms with Gasteiger partial charge in [0.2, 0.25) is 0 Å². The lowest BCUT2D eigenvalue weighted by molar-refractivity contribution is 0.0992. The Morgan fingerprint density at radius 2 is 0.947 bits per heavy atom. The summed E-state index contributed by atoms with van der Waals surface area (Å²) in [5, 5.41) is 0. The van der Waals surface area contributed by atoms with Crippen LogP contribution in [0.3, 0.4) is 0 Å². The average Bonchev–Trinajstić information content (AvgIpc) is 2.94. The molecule has 0 radical (unpaired) electrons. The molecule has 2 aliphatic rings. The minimum atomic E-state index is -0.434. The van der Waals surface area contributed by atoms with Crippen molar-refractivity contribution in [3.63, 3.8) is 0 Å². The minimum Gasteiger partial charge on any atom is -0.488 e. The normalized spacial score (nSPS) is 16.1. The van der Waals surface area contributed by atoms with E-state index < -0.39 is 11.6 Å². The van der Waals surface area contributed by atoms with Crippen LogP contribution in [-0.2, 0) is 0 Å². The number of fused-ring (bicyclic) bond motifs is 2. The summed E-state index contributed by atoms with van der Waals surface area (Å²) in [7, 11) is 0. The first kappa shape index (κ1) is 24.8. The highest BCUT2D eigenvalue weighted by atomic mass is 19.1. The highest BCUT2D eigenvalue weighted by Gasteiger charge is 2.24. The molecule has 4 aromatic carbocycles. The summed E-state index contributed by atoms with van der Waals surface area (Å²) >= 11 is 0. The van der Waals surface area contributed by atoms with Crippen LogP contribution in [0.1, 0.15) is 31.8 Å². The van der Waals surface area contributed by atoms with Crippen molar-refractivity contribution in [1.82, 2.24) is 0 Å². The Balaban J connectivity index is 0.000000155. The van der Waals surface area contributed by atoms with Crippen LogP contribution >= 0.6 is 0 Å². The second-order valence-electron chi connectivity index (χ2n) is 8.68. The van der Waals surface area contributed by atoms with Crippen molar-refractivity contribution >= 4 is 23.7 Å². The zero-order valence-corrected chi connectivity index (χ0v) is 20.2. The van der Waals surface area contributed by atoms with Gasteiger partial charge in [0.1, 0.15) is 36.3 Å². The molecule has 0 N–H and O–H groups in total. The Morgan fingerprint density at radius 3 is 1.34 bits per heavy atom. The molecule has 2 heterocycles. The van der Waals surface area contributed by atoms with E-state index in [1.54, 1.807) is 12.2 Å². The molecule has 4 aromatic rings. The van der Waals surface area contributed by atoms with Gasteiger partial charge in [-0.2, -0.15) is 0 Å². The van der Waals surface area contributed by atoms with Crippen LogP contribution in [0.15, 0.2) is 108 Å². The summed E-state index contributed by atoms with van der Waals surface area (Å²) in [4.78, 5) is 24.5. The van der Waals surface area contributed by atoms with Gasteiger partial charge in [-0.15, -0.1) is 0 Å². The summed E-state index contributed by atoms with van der Waals surface area (Å²) in [6.07, 6.45) is 3.55. The summed E-state index contributed by atoms with van der Waals surface area (Å²) in [6, 6.07) is 27.0. The van der Waals surface area contributed by atoms with E-state index in [2.05, 4.69) is 0 Å². The van der Waals surface area contributed by atoms with Crippen LogP contribution in [-0.4, -0.2) is 24.8 Å². The fourth-order valence-electron chi connectivity index (χ4n) is 4.11. The highest BCUT2D eigenvalue weighted by molar-refractivity contribution is 6.14. The van der Waals surface area contributed by atoms with Gasteiger partial charge < -0.3 is 9.47 Å². The molecule has 0 bridgehead atoms. The fraction of sp³-hybridized carbons (Fsp3) is 0.0625. The number of hydrogen-bond donors (Lipinski definition) is 0. The van der Waals surface area contributed by atoms with E-state index in [0.29, 0.717) is 22.6 Å². The summed E-state index contributed by atoms with van der Waals surface area (Å²) < 4.78 is 37.3. The van der Waals surface area contributed by atoms with Crippen molar-refractivity contribution in [2.75, 3.05) is 13.2 Å². The Bertz CT molecular complexity index is 1440. The van der Waals surface area contributed by atoms with Crippen LogP contribution < -0.4 is 9.47 Å².